The highest BCUT2D eigenvalue weighted by molar-refractivity contribution is 5.72. The fourth-order valence-corrected chi connectivity index (χ4v) is 1.29. The van der Waals surface area contributed by atoms with Gasteiger partial charge < -0.3 is 0 Å². The van der Waals surface area contributed by atoms with Crippen LogP contribution in [0.25, 0.3) is 0 Å². The minimum absolute atomic E-state index is 0.0868. The molecule has 58 valence electrons. The molecule has 1 aliphatic heterocycles. The van der Waals surface area contributed by atoms with Gasteiger partial charge >= 0.3 is 0 Å². The molecule has 1 aliphatic rings. The van der Waals surface area contributed by atoms with Crippen LogP contribution in [0.1, 0.15) is 12.8 Å². The molecule has 0 aromatic heterocycles. The highest BCUT2D eigenvalue weighted by atomic mass is 14.7. The third kappa shape index (κ3) is 1.67. The molecule has 1 nitrogen and oxygen atoms in total. The summed E-state index contributed by atoms with van der Waals surface area (Å²) in [7, 11) is 0. The first-order valence-corrected chi connectivity index (χ1v) is 3.77. The van der Waals surface area contributed by atoms with Crippen molar-refractivity contribution in [1.82, 2.24) is 0 Å². The maximum atomic E-state index is 4.07. The highest BCUT2D eigenvalue weighted by Crippen LogP contribution is 2.30. The van der Waals surface area contributed by atoms with Crippen molar-refractivity contribution in [3.05, 3.63) is 37.6 Å². The van der Waals surface area contributed by atoms with E-state index in [2.05, 4.69) is 24.2 Å². The van der Waals surface area contributed by atoms with Crippen molar-refractivity contribution < 1.29 is 0 Å². The van der Waals surface area contributed by atoms with Crippen LogP contribution in [0.2, 0.25) is 0 Å². The molecule has 0 aromatic carbocycles. The lowest BCUT2D eigenvalue weighted by Gasteiger charge is -2.19. The Morgan fingerprint density at radius 3 is 2.27 bits per heavy atom. The normalized spacial score (nSPS) is 18.5. The molecule has 1 rings (SSSR count). The Balaban J connectivity index is 2.70. The van der Waals surface area contributed by atoms with E-state index in [1.807, 2.05) is 24.6 Å². The van der Waals surface area contributed by atoms with Gasteiger partial charge in [0.1, 0.15) is 0 Å². The second-order valence-electron chi connectivity index (χ2n) is 2.81. The summed E-state index contributed by atoms with van der Waals surface area (Å²) in [6.07, 6.45) is 11.6. The zero-order chi connectivity index (χ0) is 8.16. The Kier molecular flexibility index (Phi) is 2.42. The fraction of sp³-hybridized carbons (Fsp3) is 0.300. The predicted octanol–water partition coefficient (Wildman–Crippen LogP) is 2.72. The molecule has 0 bridgehead atoms. The minimum Gasteiger partial charge on any atom is -0.268 e. The number of nitrogens with zero attached hydrogens (tertiary/aromatic N) is 1. The molecule has 1 heterocycles. The Bertz CT molecular complexity index is 187. The van der Waals surface area contributed by atoms with E-state index in [-0.39, 0.29) is 5.41 Å². The molecule has 0 radical (unpaired) electrons. The van der Waals surface area contributed by atoms with Crippen molar-refractivity contribution in [3.8, 4) is 0 Å². The summed E-state index contributed by atoms with van der Waals surface area (Å²) in [6, 6.07) is 0. The Hall–Kier alpha value is -1.11. The number of hydrogen-bond acceptors (Lipinski definition) is 1. The van der Waals surface area contributed by atoms with Gasteiger partial charge in [0.15, 0.2) is 0 Å². The molecule has 0 N–H and O–H groups in total. The van der Waals surface area contributed by atoms with Crippen LogP contribution < -0.4 is 0 Å². The van der Waals surface area contributed by atoms with Gasteiger partial charge in [-0.15, -0.1) is 13.2 Å². The van der Waals surface area contributed by atoms with E-state index in [1.165, 1.54) is 0 Å². The molecule has 11 heavy (non-hydrogen) atoms. The van der Waals surface area contributed by atoms with Crippen LogP contribution in [0, 0.1) is 5.41 Å². The van der Waals surface area contributed by atoms with Gasteiger partial charge in [-0.05, 0) is 12.8 Å². The average molecular weight is 147 g/mol. The van der Waals surface area contributed by atoms with E-state index in [0.717, 1.165) is 12.8 Å². The number of aliphatic imine (C=N–C) groups is 1. The van der Waals surface area contributed by atoms with Gasteiger partial charge in [0.05, 0.1) is 0 Å². The number of rotatable bonds is 4. The molecule has 0 saturated carbocycles. The number of allylic oxidation sites excluding steroid dienone is 3. The van der Waals surface area contributed by atoms with Gasteiger partial charge in [0.25, 0.3) is 0 Å². The monoisotopic (exact) mass is 147 g/mol. The topological polar surface area (TPSA) is 12.4 Å². The molecule has 1 heteroatoms. The van der Waals surface area contributed by atoms with E-state index < -0.39 is 0 Å². The van der Waals surface area contributed by atoms with Gasteiger partial charge in [0.2, 0.25) is 0 Å². The van der Waals surface area contributed by atoms with Gasteiger partial charge in [-0.3, -0.25) is 4.99 Å². The van der Waals surface area contributed by atoms with Crippen LogP contribution in [0.15, 0.2) is 42.6 Å². The smallest absolute Gasteiger partial charge is 0.0322 e. The standard InChI is InChI=1S/C10H13N/c1-3-5-10(6-4-2)7-8-11-9-10/h3-4,7-9H,1-2,5-6H2. The van der Waals surface area contributed by atoms with Crippen molar-refractivity contribution in [1.29, 1.82) is 0 Å². The summed E-state index contributed by atoms with van der Waals surface area (Å²) in [5.74, 6) is 0. The maximum Gasteiger partial charge on any atom is 0.0322 e. The van der Waals surface area contributed by atoms with Crippen LogP contribution in [0.3, 0.4) is 0 Å². The third-order valence-corrected chi connectivity index (χ3v) is 1.87. The molecular weight excluding hydrogens is 134 g/mol. The first-order chi connectivity index (χ1) is 5.33. The summed E-state index contributed by atoms with van der Waals surface area (Å²) in [5, 5.41) is 0. The summed E-state index contributed by atoms with van der Waals surface area (Å²) in [4.78, 5) is 4.07. The summed E-state index contributed by atoms with van der Waals surface area (Å²) >= 11 is 0. The second kappa shape index (κ2) is 3.33. The van der Waals surface area contributed by atoms with E-state index in [1.54, 1.807) is 0 Å². The lowest BCUT2D eigenvalue weighted by molar-refractivity contribution is 0.572. The Morgan fingerprint density at radius 2 is 1.91 bits per heavy atom. The molecule has 0 spiro atoms. The fourth-order valence-electron chi connectivity index (χ4n) is 1.29. The van der Waals surface area contributed by atoms with E-state index in [0.29, 0.717) is 0 Å². The minimum atomic E-state index is 0.0868. The molecule has 0 atom stereocenters. The molecule has 0 unspecified atom stereocenters. The quantitative estimate of drug-likeness (QED) is 0.542. The van der Waals surface area contributed by atoms with Crippen LogP contribution in [0.4, 0.5) is 0 Å². The first kappa shape index (κ1) is 7.99. The van der Waals surface area contributed by atoms with Crippen LogP contribution in [0.5, 0.6) is 0 Å². The van der Waals surface area contributed by atoms with Crippen molar-refractivity contribution in [2.75, 3.05) is 0 Å². The van der Waals surface area contributed by atoms with E-state index in [9.17, 15) is 0 Å². The average Bonchev–Trinajstić information content (AvgIpc) is 2.39. The van der Waals surface area contributed by atoms with Gasteiger partial charge in [-0.1, -0.05) is 18.2 Å². The third-order valence-electron chi connectivity index (χ3n) is 1.87. The molecule has 0 aliphatic carbocycles. The predicted molar refractivity (Wildman–Crippen MR) is 49.7 cm³/mol. The number of hydrogen-bond donors (Lipinski definition) is 0. The summed E-state index contributed by atoms with van der Waals surface area (Å²) in [6.45, 7) is 7.44. The zero-order valence-electron chi connectivity index (χ0n) is 6.66. The van der Waals surface area contributed by atoms with Crippen molar-refractivity contribution in [3.63, 3.8) is 0 Å². The van der Waals surface area contributed by atoms with Gasteiger partial charge in [-0.2, -0.15) is 0 Å². The van der Waals surface area contributed by atoms with Crippen LogP contribution in [-0.2, 0) is 0 Å². The molecular formula is C10H13N. The first-order valence-electron chi connectivity index (χ1n) is 3.77. The summed E-state index contributed by atoms with van der Waals surface area (Å²) < 4.78 is 0. The maximum absolute atomic E-state index is 4.07. The molecule has 0 aromatic rings. The van der Waals surface area contributed by atoms with Gasteiger partial charge in [0, 0.05) is 17.8 Å². The van der Waals surface area contributed by atoms with Crippen LogP contribution in [-0.4, -0.2) is 6.21 Å². The lowest BCUT2D eigenvalue weighted by atomic mass is 9.83. The Morgan fingerprint density at radius 1 is 1.27 bits per heavy atom. The Labute approximate surface area is 67.8 Å². The van der Waals surface area contributed by atoms with Crippen molar-refractivity contribution in [2.45, 2.75) is 12.8 Å². The van der Waals surface area contributed by atoms with Crippen molar-refractivity contribution in [2.24, 2.45) is 10.4 Å². The van der Waals surface area contributed by atoms with Crippen LogP contribution >= 0.6 is 0 Å². The highest BCUT2D eigenvalue weighted by Gasteiger charge is 2.23. The van der Waals surface area contributed by atoms with Crippen molar-refractivity contribution >= 4 is 6.21 Å². The SMILES string of the molecule is C=CCC1(CC=C)C=CN=C1. The molecule has 0 fully saturated rings. The van der Waals surface area contributed by atoms with Gasteiger partial charge in [-0.25, -0.2) is 0 Å². The largest absolute Gasteiger partial charge is 0.268 e. The van der Waals surface area contributed by atoms with E-state index >= 15 is 0 Å². The van der Waals surface area contributed by atoms with E-state index in [4.69, 9.17) is 0 Å². The summed E-state index contributed by atoms with van der Waals surface area (Å²) in [5.41, 5.74) is 0.0868. The second-order valence-corrected chi connectivity index (χ2v) is 2.81. The molecule has 0 saturated heterocycles. The lowest BCUT2D eigenvalue weighted by Crippen LogP contribution is -2.15. The zero-order valence-corrected chi connectivity index (χ0v) is 6.66. The molecule has 0 amide bonds.